The molecule has 0 fully saturated rings. The zero-order valence-corrected chi connectivity index (χ0v) is 15.6. The lowest BCUT2D eigenvalue weighted by Crippen LogP contribution is -2.14. The minimum atomic E-state index is -0.518. The standard InChI is InChI=1S/C20H24N2O5/c1-3-4-5-8-13-27-18-10-7-6-9-16(18)20(23)21-17-12-11-15(22(24)25)14-19(17)26-2/h6-7,9-12,14H,3-5,8,13H2,1-2H3,(H,21,23). The van der Waals surface area contributed by atoms with E-state index in [1.54, 1.807) is 18.2 Å². The third kappa shape index (κ3) is 5.70. The highest BCUT2D eigenvalue weighted by Crippen LogP contribution is 2.30. The molecule has 0 aliphatic heterocycles. The minimum absolute atomic E-state index is 0.110. The normalized spacial score (nSPS) is 10.3. The first-order valence-corrected chi connectivity index (χ1v) is 8.92. The van der Waals surface area contributed by atoms with E-state index in [2.05, 4.69) is 12.2 Å². The Hall–Kier alpha value is -3.09. The summed E-state index contributed by atoms with van der Waals surface area (Å²) in [5, 5.41) is 13.6. The number of ether oxygens (including phenoxy) is 2. The summed E-state index contributed by atoms with van der Waals surface area (Å²) in [4.78, 5) is 23.0. The predicted molar refractivity (Wildman–Crippen MR) is 104 cm³/mol. The number of benzene rings is 2. The molecule has 0 aromatic heterocycles. The lowest BCUT2D eigenvalue weighted by Gasteiger charge is -2.13. The summed E-state index contributed by atoms with van der Waals surface area (Å²) in [5.41, 5.74) is 0.639. The van der Waals surface area contributed by atoms with Crippen molar-refractivity contribution in [2.24, 2.45) is 0 Å². The number of anilines is 1. The summed E-state index contributed by atoms with van der Waals surface area (Å²) in [5.74, 6) is 0.356. The van der Waals surface area contributed by atoms with Crippen molar-refractivity contribution in [2.75, 3.05) is 19.0 Å². The number of non-ortho nitro benzene ring substituents is 1. The van der Waals surface area contributed by atoms with E-state index in [9.17, 15) is 14.9 Å². The van der Waals surface area contributed by atoms with Gasteiger partial charge in [0.2, 0.25) is 0 Å². The highest BCUT2D eigenvalue weighted by Gasteiger charge is 2.16. The zero-order valence-electron chi connectivity index (χ0n) is 15.6. The molecule has 0 radical (unpaired) electrons. The molecule has 0 saturated heterocycles. The van der Waals surface area contributed by atoms with Crippen LogP contribution in [0.15, 0.2) is 42.5 Å². The van der Waals surface area contributed by atoms with Crippen molar-refractivity contribution >= 4 is 17.3 Å². The molecule has 0 atom stereocenters. The monoisotopic (exact) mass is 372 g/mol. The van der Waals surface area contributed by atoms with E-state index in [0.717, 1.165) is 25.7 Å². The summed E-state index contributed by atoms with van der Waals surface area (Å²) in [7, 11) is 1.39. The van der Waals surface area contributed by atoms with E-state index in [0.29, 0.717) is 23.6 Å². The van der Waals surface area contributed by atoms with E-state index < -0.39 is 4.92 Å². The van der Waals surface area contributed by atoms with Crippen LogP contribution in [0.2, 0.25) is 0 Å². The Labute approximate surface area is 158 Å². The van der Waals surface area contributed by atoms with E-state index in [4.69, 9.17) is 9.47 Å². The number of nitro benzene ring substituents is 1. The molecule has 2 aromatic carbocycles. The zero-order chi connectivity index (χ0) is 19.6. The largest absolute Gasteiger partial charge is 0.494 e. The lowest BCUT2D eigenvalue weighted by molar-refractivity contribution is -0.384. The third-order valence-corrected chi connectivity index (χ3v) is 4.03. The van der Waals surface area contributed by atoms with E-state index in [1.165, 1.54) is 25.3 Å². The van der Waals surface area contributed by atoms with Crippen LogP contribution < -0.4 is 14.8 Å². The first-order chi connectivity index (χ1) is 13.1. The molecule has 144 valence electrons. The van der Waals surface area contributed by atoms with Crippen LogP contribution in [0, 0.1) is 10.1 Å². The Morgan fingerprint density at radius 2 is 1.89 bits per heavy atom. The van der Waals surface area contributed by atoms with Gasteiger partial charge in [-0.3, -0.25) is 14.9 Å². The number of nitrogens with one attached hydrogen (secondary N) is 1. The Morgan fingerprint density at radius 1 is 1.11 bits per heavy atom. The fourth-order valence-corrected chi connectivity index (χ4v) is 2.58. The van der Waals surface area contributed by atoms with Crippen LogP contribution in [0.25, 0.3) is 0 Å². The Morgan fingerprint density at radius 3 is 2.59 bits per heavy atom. The summed E-state index contributed by atoms with van der Waals surface area (Å²) in [6.45, 7) is 2.69. The highest BCUT2D eigenvalue weighted by molar-refractivity contribution is 6.06. The molecule has 2 rings (SSSR count). The summed E-state index contributed by atoms with van der Waals surface area (Å²) >= 11 is 0. The molecule has 2 aromatic rings. The molecular formula is C20H24N2O5. The fourth-order valence-electron chi connectivity index (χ4n) is 2.58. The Bertz CT molecular complexity index is 792. The number of hydrogen-bond acceptors (Lipinski definition) is 5. The molecule has 7 nitrogen and oxygen atoms in total. The van der Waals surface area contributed by atoms with Crippen LogP contribution in [-0.4, -0.2) is 24.5 Å². The van der Waals surface area contributed by atoms with Crippen molar-refractivity contribution in [2.45, 2.75) is 32.6 Å². The van der Waals surface area contributed by atoms with Crippen LogP contribution in [0.4, 0.5) is 11.4 Å². The van der Waals surface area contributed by atoms with Gasteiger partial charge in [0.25, 0.3) is 11.6 Å². The van der Waals surface area contributed by atoms with Crippen LogP contribution in [0.1, 0.15) is 43.0 Å². The molecule has 7 heteroatoms. The quantitative estimate of drug-likeness (QED) is 0.367. The van der Waals surface area contributed by atoms with Gasteiger partial charge in [0, 0.05) is 6.07 Å². The second-order valence-corrected chi connectivity index (χ2v) is 6.00. The molecule has 0 aliphatic rings. The number of amides is 1. The minimum Gasteiger partial charge on any atom is -0.494 e. The van der Waals surface area contributed by atoms with Crippen molar-refractivity contribution in [1.82, 2.24) is 0 Å². The maximum absolute atomic E-state index is 12.7. The number of para-hydroxylation sites is 1. The Balaban J connectivity index is 2.11. The number of carbonyl (C=O) groups excluding carboxylic acids is 1. The van der Waals surface area contributed by atoms with Gasteiger partial charge in [0.15, 0.2) is 0 Å². The molecule has 0 bridgehead atoms. The fraction of sp³-hybridized carbons (Fsp3) is 0.350. The van der Waals surface area contributed by atoms with E-state index in [-0.39, 0.29) is 17.3 Å². The highest BCUT2D eigenvalue weighted by atomic mass is 16.6. The van der Waals surface area contributed by atoms with E-state index in [1.807, 2.05) is 6.07 Å². The molecule has 1 amide bonds. The number of unbranched alkanes of at least 4 members (excludes halogenated alkanes) is 3. The molecule has 1 N–H and O–H groups in total. The number of methoxy groups -OCH3 is 1. The summed E-state index contributed by atoms with van der Waals surface area (Å²) in [6, 6.07) is 11.0. The van der Waals surface area contributed by atoms with Gasteiger partial charge in [0.05, 0.1) is 36.0 Å². The van der Waals surface area contributed by atoms with Crippen LogP contribution in [-0.2, 0) is 0 Å². The second kappa shape index (κ2) is 10.2. The smallest absolute Gasteiger partial charge is 0.273 e. The van der Waals surface area contributed by atoms with Crippen molar-refractivity contribution in [3.05, 3.63) is 58.1 Å². The maximum atomic E-state index is 12.7. The van der Waals surface area contributed by atoms with Crippen molar-refractivity contribution in [3.63, 3.8) is 0 Å². The van der Waals surface area contributed by atoms with Crippen LogP contribution in [0.3, 0.4) is 0 Å². The second-order valence-electron chi connectivity index (χ2n) is 6.00. The first-order valence-electron chi connectivity index (χ1n) is 8.92. The summed E-state index contributed by atoms with van der Waals surface area (Å²) in [6.07, 6.45) is 4.33. The molecule has 27 heavy (non-hydrogen) atoms. The van der Waals surface area contributed by atoms with E-state index >= 15 is 0 Å². The SMILES string of the molecule is CCCCCCOc1ccccc1C(=O)Nc1ccc([N+](=O)[O-])cc1OC. The molecule has 0 saturated carbocycles. The van der Waals surface area contributed by atoms with Gasteiger partial charge in [-0.1, -0.05) is 38.3 Å². The average Bonchev–Trinajstić information content (AvgIpc) is 2.68. The van der Waals surface area contributed by atoms with Gasteiger partial charge in [0.1, 0.15) is 11.5 Å². The number of hydrogen-bond donors (Lipinski definition) is 1. The molecule has 0 aliphatic carbocycles. The number of nitrogens with zero attached hydrogens (tertiary/aromatic N) is 1. The van der Waals surface area contributed by atoms with Gasteiger partial charge in [-0.2, -0.15) is 0 Å². The van der Waals surface area contributed by atoms with Gasteiger partial charge in [-0.05, 0) is 24.6 Å². The lowest BCUT2D eigenvalue weighted by atomic mass is 10.1. The number of carbonyl (C=O) groups is 1. The molecule has 0 spiro atoms. The summed E-state index contributed by atoms with van der Waals surface area (Å²) < 4.78 is 10.9. The van der Waals surface area contributed by atoms with Crippen LogP contribution >= 0.6 is 0 Å². The van der Waals surface area contributed by atoms with Crippen molar-refractivity contribution < 1.29 is 19.2 Å². The van der Waals surface area contributed by atoms with Gasteiger partial charge in [-0.15, -0.1) is 0 Å². The van der Waals surface area contributed by atoms with Gasteiger partial charge in [-0.25, -0.2) is 0 Å². The molecular weight excluding hydrogens is 348 g/mol. The topological polar surface area (TPSA) is 90.7 Å². The molecule has 0 heterocycles. The Kier molecular flexibility index (Phi) is 7.61. The molecule has 0 unspecified atom stereocenters. The predicted octanol–water partition coefficient (Wildman–Crippen LogP) is 4.81. The third-order valence-electron chi connectivity index (χ3n) is 4.03. The van der Waals surface area contributed by atoms with Gasteiger partial charge < -0.3 is 14.8 Å². The van der Waals surface area contributed by atoms with Crippen LogP contribution in [0.5, 0.6) is 11.5 Å². The number of nitro groups is 1. The number of rotatable bonds is 10. The van der Waals surface area contributed by atoms with Crippen molar-refractivity contribution in [3.8, 4) is 11.5 Å². The average molecular weight is 372 g/mol. The van der Waals surface area contributed by atoms with Crippen molar-refractivity contribution in [1.29, 1.82) is 0 Å². The van der Waals surface area contributed by atoms with Gasteiger partial charge >= 0.3 is 0 Å². The first kappa shape index (κ1) is 20.2. The maximum Gasteiger partial charge on any atom is 0.273 e.